The van der Waals surface area contributed by atoms with Crippen molar-refractivity contribution >= 4 is 21.7 Å². The van der Waals surface area contributed by atoms with Gasteiger partial charge in [-0.1, -0.05) is 17.7 Å². The number of amides is 2. The third-order valence-corrected chi connectivity index (χ3v) is 5.54. The highest BCUT2D eigenvalue weighted by Crippen LogP contribution is 2.22. The molecule has 7 nitrogen and oxygen atoms in total. The summed E-state index contributed by atoms with van der Waals surface area (Å²) in [4.78, 5) is 12.1. The Labute approximate surface area is 159 Å². The van der Waals surface area contributed by atoms with Gasteiger partial charge in [0.15, 0.2) is 0 Å². The van der Waals surface area contributed by atoms with E-state index in [1.54, 1.807) is 12.1 Å². The van der Waals surface area contributed by atoms with E-state index < -0.39 is 10.0 Å². The zero-order chi connectivity index (χ0) is 19.3. The van der Waals surface area contributed by atoms with Gasteiger partial charge in [-0.25, -0.2) is 17.9 Å². The van der Waals surface area contributed by atoms with Gasteiger partial charge in [0.25, 0.3) is 0 Å². The Morgan fingerprint density at radius 2 is 1.74 bits per heavy atom. The Kier molecular flexibility index (Phi) is 5.98. The molecule has 0 radical (unpaired) electrons. The lowest BCUT2D eigenvalue weighted by Crippen LogP contribution is -2.32. The first kappa shape index (κ1) is 19.2. The van der Waals surface area contributed by atoms with E-state index in [9.17, 15) is 13.2 Å². The first-order chi connectivity index (χ1) is 12.9. The number of carbonyl (C=O) groups is 1. The Morgan fingerprint density at radius 1 is 1.07 bits per heavy atom. The molecule has 1 saturated carbocycles. The molecule has 2 amide bonds. The van der Waals surface area contributed by atoms with Crippen LogP contribution in [0, 0.1) is 6.92 Å². The highest BCUT2D eigenvalue weighted by molar-refractivity contribution is 7.89. The summed E-state index contributed by atoms with van der Waals surface area (Å²) in [5.41, 5.74) is 1.67. The molecule has 8 heteroatoms. The first-order valence-corrected chi connectivity index (χ1v) is 10.3. The third-order valence-electron chi connectivity index (χ3n) is 4.00. The lowest BCUT2D eigenvalue weighted by Gasteiger charge is -2.10. The summed E-state index contributed by atoms with van der Waals surface area (Å²) in [7, 11) is -3.48. The van der Waals surface area contributed by atoms with Gasteiger partial charge in [-0.2, -0.15) is 0 Å². The fourth-order valence-corrected chi connectivity index (χ4v) is 3.65. The molecule has 0 atom stereocenters. The van der Waals surface area contributed by atoms with Gasteiger partial charge in [-0.3, -0.25) is 0 Å². The van der Waals surface area contributed by atoms with Crippen LogP contribution in [-0.4, -0.2) is 33.6 Å². The molecule has 2 aromatic rings. The van der Waals surface area contributed by atoms with Crippen molar-refractivity contribution in [1.29, 1.82) is 0 Å². The third kappa shape index (κ3) is 5.97. The number of sulfonamides is 1. The second kappa shape index (κ2) is 8.41. The molecule has 27 heavy (non-hydrogen) atoms. The Bertz CT molecular complexity index is 876. The lowest BCUT2D eigenvalue weighted by molar-refractivity contribution is 0.247. The van der Waals surface area contributed by atoms with Gasteiger partial charge in [0.2, 0.25) is 10.0 Å². The van der Waals surface area contributed by atoms with Crippen LogP contribution in [0.3, 0.4) is 0 Å². The van der Waals surface area contributed by atoms with Gasteiger partial charge >= 0.3 is 6.03 Å². The Balaban J connectivity index is 1.41. The normalized spacial score (nSPS) is 13.8. The van der Waals surface area contributed by atoms with Crippen molar-refractivity contribution < 1.29 is 17.9 Å². The minimum Gasteiger partial charge on any atom is -0.492 e. The number of carbonyl (C=O) groups excluding carboxylic acids is 1. The minimum absolute atomic E-state index is 0.0562. The van der Waals surface area contributed by atoms with E-state index >= 15 is 0 Å². The summed E-state index contributed by atoms with van der Waals surface area (Å²) in [6.07, 6.45) is 1.76. The van der Waals surface area contributed by atoms with Crippen molar-refractivity contribution in [2.24, 2.45) is 0 Å². The molecule has 0 spiro atoms. The zero-order valence-electron chi connectivity index (χ0n) is 15.1. The number of ether oxygens (including phenoxy) is 1. The number of aryl methyl sites for hydroxylation is 1. The quantitative estimate of drug-likeness (QED) is 0.605. The SMILES string of the molecule is Cc1ccc(OCCNC(=O)Nc2ccc(S(=O)(=O)NC3CC3)cc2)cc1. The number of anilines is 1. The van der Waals surface area contributed by atoms with Gasteiger partial charge in [0.05, 0.1) is 11.4 Å². The van der Waals surface area contributed by atoms with Crippen molar-refractivity contribution in [2.45, 2.75) is 30.7 Å². The highest BCUT2D eigenvalue weighted by Gasteiger charge is 2.27. The Hall–Kier alpha value is -2.58. The topological polar surface area (TPSA) is 96.5 Å². The zero-order valence-corrected chi connectivity index (χ0v) is 15.9. The molecule has 0 heterocycles. The molecule has 0 bridgehead atoms. The molecule has 0 aromatic heterocycles. The van der Waals surface area contributed by atoms with Crippen LogP contribution in [0.15, 0.2) is 53.4 Å². The summed E-state index contributed by atoms with van der Waals surface area (Å²) in [5.74, 6) is 0.749. The maximum Gasteiger partial charge on any atom is 0.319 e. The van der Waals surface area contributed by atoms with Crippen LogP contribution in [0.4, 0.5) is 10.5 Å². The average molecular weight is 389 g/mol. The standard InChI is InChI=1S/C19H23N3O4S/c1-14-2-8-17(9-3-14)26-13-12-20-19(23)21-15-6-10-18(11-7-15)27(24,25)22-16-4-5-16/h2-3,6-11,16,22H,4-5,12-13H2,1H3,(H2,20,21,23). The van der Waals surface area contributed by atoms with Crippen molar-refractivity contribution in [3.05, 3.63) is 54.1 Å². The second-order valence-corrected chi connectivity index (χ2v) is 8.18. The maximum atomic E-state index is 12.1. The maximum absolute atomic E-state index is 12.1. The Morgan fingerprint density at radius 3 is 2.37 bits per heavy atom. The van der Waals surface area contributed by atoms with Gasteiger partial charge in [-0.15, -0.1) is 0 Å². The molecule has 2 aromatic carbocycles. The van der Waals surface area contributed by atoms with E-state index in [2.05, 4.69) is 15.4 Å². The summed E-state index contributed by atoms with van der Waals surface area (Å²) in [6.45, 7) is 2.69. The average Bonchev–Trinajstić information content (AvgIpc) is 3.44. The fourth-order valence-electron chi connectivity index (χ4n) is 2.35. The summed E-state index contributed by atoms with van der Waals surface area (Å²) in [5, 5.41) is 5.35. The molecule has 0 saturated heterocycles. The van der Waals surface area contributed by atoms with Gasteiger partial charge < -0.3 is 15.4 Å². The minimum atomic E-state index is -3.48. The number of urea groups is 1. The second-order valence-electron chi connectivity index (χ2n) is 6.46. The summed E-state index contributed by atoms with van der Waals surface area (Å²) in [6, 6.07) is 13.4. The number of hydrogen-bond donors (Lipinski definition) is 3. The van der Waals surface area contributed by atoms with E-state index in [4.69, 9.17) is 4.74 Å². The van der Waals surface area contributed by atoms with Gasteiger partial charge in [0.1, 0.15) is 12.4 Å². The van der Waals surface area contributed by atoms with Crippen molar-refractivity contribution in [1.82, 2.24) is 10.0 Å². The van der Waals surface area contributed by atoms with Crippen LogP contribution >= 0.6 is 0 Å². The van der Waals surface area contributed by atoms with E-state index in [-0.39, 0.29) is 17.0 Å². The van der Waals surface area contributed by atoms with E-state index in [1.165, 1.54) is 12.1 Å². The number of hydrogen-bond acceptors (Lipinski definition) is 4. The van der Waals surface area contributed by atoms with E-state index in [0.29, 0.717) is 18.8 Å². The number of nitrogens with one attached hydrogen (secondary N) is 3. The molecule has 144 valence electrons. The molecular formula is C19H23N3O4S. The van der Waals surface area contributed by atoms with E-state index in [0.717, 1.165) is 24.2 Å². The molecule has 1 fully saturated rings. The summed E-state index contributed by atoms with van der Waals surface area (Å²) >= 11 is 0. The lowest BCUT2D eigenvalue weighted by atomic mass is 10.2. The van der Waals surface area contributed by atoms with Crippen LogP contribution < -0.4 is 20.1 Å². The molecule has 3 rings (SSSR count). The molecule has 3 N–H and O–H groups in total. The van der Waals surface area contributed by atoms with Crippen molar-refractivity contribution in [2.75, 3.05) is 18.5 Å². The molecule has 1 aliphatic carbocycles. The van der Waals surface area contributed by atoms with Crippen LogP contribution in [0.5, 0.6) is 5.75 Å². The fraction of sp³-hybridized carbons (Fsp3) is 0.316. The molecule has 0 aliphatic heterocycles. The summed E-state index contributed by atoms with van der Waals surface area (Å²) < 4.78 is 32.4. The number of benzene rings is 2. The van der Waals surface area contributed by atoms with Crippen LogP contribution in [0.1, 0.15) is 18.4 Å². The van der Waals surface area contributed by atoms with Crippen molar-refractivity contribution in [3.63, 3.8) is 0 Å². The van der Waals surface area contributed by atoms with Crippen LogP contribution in [0.25, 0.3) is 0 Å². The van der Waals surface area contributed by atoms with Gasteiger partial charge in [0, 0.05) is 11.7 Å². The molecule has 0 unspecified atom stereocenters. The smallest absolute Gasteiger partial charge is 0.319 e. The predicted molar refractivity (Wildman–Crippen MR) is 103 cm³/mol. The monoisotopic (exact) mass is 389 g/mol. The largest absolute Gasteiger partial charge is 0.492 e. The van der Waals surface area contributed by atoms with Crippen LogP contribution in [0.2, 0.25) is 0 Å². The van der Waals surface area contributed by atoms with E-state index in [1.807, 2.05) is 31.2 Å². The number of rotatable bonds is 8. The highest BCUT2D eigenvalue weighted by atomic mass is 32.2. The van der Waals surface area contributed by atoms with Crippen molar-refractivity contribution in [3.8, 4) is 5.75 Å². The molecule has 1 aliphatic rings. The van der Waals surface area contributed by atoms with Crippen LogP contribution in [-0.2, 0) is 10.0 Å². The predicted octanol–water partition coefficient (Wildman–Crippen LogP) is 2.64. The van der Waals surface area contributed by atoms with Gasteiger partial charge in [-0.05, 0) is 56.2 Å². The first-order valence-electron chi connectivity index (χ1n) is 8.79. The molecular weight excluding hydrogens is 366 g/mol.